The molecule has 2 aromatic rings. The first-order valence-corrected chi connectivity index (χ1v) is 8.02. The zero-order chi connectivity index (χ0) is 17.9. The molecule has 1 aliphatic carbocycles. The second-order valence-corrected chi connectivity index (χ2v) is 6.00. The first-order valence-electron chi connectivity index (χ1n) is 8.02. The van der Waals surface area contributed by atoms with Crippen LogP contribution in [0.4, 0.5) is 13.2 Å². The maximum Gasteiger partial charge on any atom is 0.422 e. The number of halogens is 3. The quantitative estimate of drug-likeness (QED) is 0.835. The number of ether oxygens (including phenoxy) is 1. The Kier molecular flexibility index (Phi) is 4.96. The lowest BCUT2D eigenvalue weighted by atomic mass is 9.81. The van der Waals surface area contributed by atoms with Crippen molar-refractivity contribution in [2.24, 2.45) is 0 Å². The number of amides is 1. The van der Waals surface area contributed by atoms with Crippen LogP contribution in [0.15, 0.2) is 30.7 Å². The molecule has 2 heterocycles. The Morgan fingerprint density at radius 3 is 2.84 bits per heavy atom. The van der Waals surface area contributed by atoms with Crippen LogP contribution >= 0.6 is 0 Å². The number of aromatic amines is 1. The molecule has 1 fully saturated rings. The first kappa shape index (κ1) is 17.3. The molecule has 0 unspecified atom stereocenters. The van der Waals surface area contributed by atoms with E-state index in [1.807, 2.05) is 0 Å². The Bertz CT molecular complexity index is 739. The number of rotatable bonds is 6. The first-order chi connectivity index (χ1) is 11.9. The van der Waals surface area contributed by atoms with Gasteiger partial charge in [-0.15, -0.1) is 0 Å². The van der Waals surface area contributed by atoms with Crippen LogP contribution in [0.3, 0.4) is 0 Å². The van der Waals surface area contributed by atoms with Crippen LogP contribution in [-0.4, -0.2) is 28.7 Å². The second kappa shape index (κ2) is 7.16. The van der Waals surface area contributed by atoms with Crippen LogP contribution < -0.4 is 10.1 Å². The average molecular weight is 353 g/mol. The third kappa shape index (κ3) is 4.32. The van der Waals surface area contributed by atoms with Gasteiger partial charge in [0.25, 0.3) is 5.91 Å². The summed E-state index contributed by atoms with van der Waals surface area (Å²) in [6.45, 7) is -1.34. The fraction of sp³-hybridized carbons (Fsp3) is 0.412. The number of nitrogens with one attached hydrogen (secondary N) is 2. The van der Waals surface area contributed by atoms with Gasteiger partial charge in [0.15, 0.2) is 6.61 Å². The molecule has 1 amide bonds. The van der Waals surface area contributed by atoms with Crippen molar-refractivity contribution in [1.29, 1.82) is 0 Å². The van der Waals surface area contributed by atoms with Gasteiger partial charge in [-0.3, -0.25) is 9.78 Å². The minimum atomic E-state index is -4.43. The number of alkyl halides is 3. The van der Waals surface area contributed by atoms with E-state index in [-0.39, 0.29) is 18.2 Å². The average Bonchev–Trinajstić information content (AvgIpc) is 2.98. The van der Waals surface area contributed by atoms with Crippen molar-refractivity contribution in [3.8, 4) is 5.75 Å². The van der Waals surface area contributed by atoms with Crippen molar-refractivity contribution < 1.29 is 22.7 Å². The number of nitrogens with zero attached hydrogens (tertiary/aromatic N) is 1. The molecule has 0 bridgehead atoms. The monoisotopic (exact) mass is 353 g/mol. The summed E-state index contributed by atoms with van der Waals surface area (Å²) in [5, 5.41) is 2.73. The number of hydrogen-bond donors (Lipinski definition) is 2. The van der Waals surface area contributed by atoms with E-state index in [0.29, 0.717) is 17.0 Å². The van der Waals surface area contributed by atoms with E-state index in [9.17, 15) is 18.0 Å². The van der Waals surface area contributed by atoms with Crippen LogP contribution in [0.2, 0.25) is 0 Å². The van der Waals surface area contributed by atoms with Crippen molar-refractivity contribution in [3.63, 3.8) is 0 Å². The van der Waals surface area contributed by atoms with E-state index in [1.54, 1.807) is 12.3 Å². The fourth-order valence-electron chi connectivity index (χ4n) is 2.73. The predicted molar refractivity (Wildman–Crippen MR) is 84.3 cm³/mol. The van der Waals surface area contributed by atoms with E-state index in [2.05, 4.69) is 15.3 Å². The summed E-state index contributed by atoms with van der Waals surface area (Å²) < 4.78 is 41.7. The molecular weight excluding hydrogens is 335 g/mol. The second-order valence-electron chi connectivity index (χ2n) is 6.00. The Balaban J connectivity index is 1.63. The molecule has 1 aliphatic rings. The van der Waals surface area contributed by atoms with E-state index in [4.69, 9.17) is 4.74 Å². The lowest BCUT2D eigenvalue weighted by molar-refractivity contribution is -0.153. The molecule has 1 saturated carbocycles. The lowest BCUT2D eigenvalue weighted by Gasteiger charge is -2.25. The smallest absolute Gasteiger partial charge is 0.422 e. The number of carbonyl (C=O) groups excluding carboxylic acids is 1. The summed E-state index contributed by atoms with van der Waals surface area (Å²) in [5.74, 6) is 0.123. The number of H-pyrrole nitrogens is 1. The van der Waals surface area contributed by atoms with Crippen LogP contribution in [0.1, 0.15) is 46.8 Å². The molecule has 0 radical (unpaired) electrons. The molecule has 2 N–H and O–H groups in total. The van der Waals surface area contributed by atoms with Gasteiger partial charge in [0.1, 0.15) is 5.75 Å². The predicted octanol–water partition coefficient (Wildman–Crippen LogP) is 3.55. The molecule has 0 atom stereocenters. The highest BCUT2D eigenvalue weighted by atomic mass is 19.4. The highest BCUT2D eigenvalue weighted by molar-refractivity contribution is 5.95. The van der Waals surface area contributed by atoms with Gasteiger partial charge in [0.2, 0.25) is 0 Å². The van der Waals surface area contributed by atoms with Gasteiger partial charge in [-0.05, 0) is 30.9 Å². The minimum absolute atomic E-state index is 0.00779. The molecule has 25 heavy (non-hydrogen) atoms. The Morgan fingerprint density at radius 2 is 2.16 bits per heavy atom. The zero-order valence-electron chi connectivity index (χ0n) is 13.4. The zero-order valence-corrected chi connectivity index (χ0v) is 13.4. The Labute approximate surface area is 142 Å². The van der Waals surface area contributed by atoms with E-state index in [0.717, 1.165) is 25.0 Å². The highest BCUT2D eigenvalue weighted by Crippen LogP contribution is 2.37. The Hall–Kier alpha value is -2.51. The maximum atomic E-state index is 12.4. The van der Waals surface area contributed by atoms with Gasteiger partial charge < -0.3 is 15.0 Å². The summed E-state index contributed by atoms with van der Waals surface area (Å²) in [4.78, 5) is 19.3. The van der Waals surface area contributed by atoms with Crippen LogP contribution in [0, 0.1) is 0 Å². The fourth-order valence-corrected chi connectivity index (χ4v) is 2.73. The van der Waals surface area contributed by atoms with Gasteiger partial charge >= 0.3 is 6.18 Å². The van der Waals surface area contributed by atoms with Crippen LogP contribution in [0.25, 0.3) is 0 Å². The summed E-state index contributed by atoms with van der Waals surface area (Å²) in [7, 11) is 0. The topological polar surface area (TPSA) is 67.0 Å². The molecule has 134 valence electrons. The van der Waals surface area contributed by atoms with Gasteiger partial charge in [0.05, 0.1) is 11.8 Å². The molecule has 3 rings (SSSR count). The van der Waals surface area contributed by atoms with Crippen LogP contribution in [-0.2, 0) is 6.54 Å². The van der Waals surface area contributed by atoms with Crippen molar-refractivity contribution in [3.05, 3.63) is 47.5 Å². The van der Waals surface area contributed by atoms with Gasteiger partial charge in [-0.25, -0.2) is 0 Å². The summed E-state index contributed by atoms with van der Waals surface area (Å²) in [5.41, 5.74) is 1.94. The molecule has 5 nitrogen and oxygen atoms in total. The van der Waals surface area contributed by atoms with Gasteiger partial charge in [-0.2, -0.15) is 13.2 Å². The lowest BCUT2D eigenvalue weighted by Crippen LogP contribution is -2.26. The molecule has 0 saturated heterocycles. The number of pyridine rings is 1. The van der Waals surface area contributed by atoms with E-state index in [1.165, 1.54) is 18.5 Å². The number of hydrogen-bond acceptors (Lipinski definition) is 3. The SMILES string of the molecule is O=C(NCc1ccncc1OCC(F)(F)F)c1cc[nH]c1C1CCC1. The van der Waals surface area contributed by atoms with Crippen molar-refractivity contribution in [2.75, 3.05) is 6.61 Å². The molecule has 0 aromatic carbocycles. The van der Waals surface area contributed by atoms with Gasteiger partial charge in [-0.1, -0.05) is 6.42 Å². The Morgan fingerprint density at radius 1 is 1.36 bits per heavy atom. The normalized spacial score (nSPS) is 14.8. The third-order valence-corrected chi connectivity index (χ3v) is 4.24. The number of aromatic nitrogens is 2. The molecule has 0 spiro atoms. The van der Waals surface area contributed by atoms with E-state index < -0.39 is 12.8 Å². The van der Waals surface area contributed by atoms with Crippen LogP contribution in [0.5, 0.6) is 5.75 Å². The largest absolute Gasteiger partial charge is 0.482 e. The molecule has 8 heteroatoms. The van der Waals surface area contributed by atoms with E-state index >= 15 is 0 Å². The minimum Gasteiger partial charge on any atom is -0.482 e. The van der Waals surface area contributed by atoms with Crippen molar-refractivity contribution in [2.45, 2.75) is 37.9 Å². The summed E-state index contributed by atoms with van der Waals surface area (Å²) >= 11 is 0. The van der Waals surface area contributed by atoms with Crippen molar-refractivity contribution >= 4 is 5.91 Å². The standard InChI is InChI=1S/C17H18F3N3O2/c18-17(19,20)10-25-14-9-21-6-4-12(14)8-23-16(24)13-5-7-22-15(13)11-2-1-3-11/h4-7,9,11,22H,1-3,8,10H2,(H,23,24). The number of carbonyl (C=O) groups is 1. The molecule has 0 aliphatic heterocycles. The maximum absolute atomic E-state index is 12.4. The van der Waals surface area contributed by atoms with Crippen molar-refractivity contribution in [1.82, 2.24) is 15.3 Å². The molecular formula is C17H18F3N3O2. The highest BCUT2D eigenvalue weighted by Gasteiger charge is 2.29. The summed E-state index contributed by atoms with van der Waals surface area (Å²) in [6.07, 6.45) is 3.22. The summed E-state index contributed by atoms with van der Waals surface area (Å²) in [6, 6.07) is 3.24. The molecule has 2 aromatic heterocycles. The third-order valence-electron chi connectivity index (χ3n) is 4.24. The van der Waals surface area contributed by atoms with Gasteiger partial charge in [0, 0.05) is 30.2 Å².